The second-order valence-corrected chi connectivity index (χ2v) is 6.31. The molecule has 1 aromatic carbocycles. The number of thiocarbonyl (C=S) groups is 1. The summed E-state index contributed by atoms with van der Waals surface area (Å²) in [4.78, 5) is 2.38. The molecule has 1 heterocycles. The Balaban J connectivity index is 2.11. The second-order valence-electron chi connectivity index (χ2n) is 5.92. The minimum Gasteiger partial charge on any atom is -0.346 e. The van der Waals surface area contributed by atoms with Crippen molar-refractivity contribution in [2.24, 2.45) is 0 Å². The molecule has 1 aromatic rings. The average Bonchev–Trinajstić information content (AvgIpc) is 2.47. The Hall–Kier alpha value is -1.09. The Morgan fingerprint density at radius 1 is 1.35 bits per heavy atom. The number of nitrogens with zero attached hydrogens (tertiary/aromatic N) is 1. The van der Waals surface area contributed by atoms with Gasteiger partial charge >= 0.3 is 0 Å². The van der Waals surface area contributed by atoms with Crippen molar-refractivity contribution in [1.29, 1.82) is 0 Å². The monoisotopic (exact) mass is 290 g/mol. The number of anilines is 1. The quantitative estimate of drug-likeness (QED) is 0.807. The van der Waals surface area contributed by atoms with Crippen molar-refractivity contribution in [3.8, 4) is 0 Å². The first-order valence-corrected chi connectivity index (χ1v) is 8.20. The Morgan fingerprint density at radius 2 is 2.10 bits per heavy atom. The molecule has 0 bridgehead atoms. The van der Waals surface area contributed by atoms with Gasteiger partial charge in [0, 0.05) is 18.3 Å². The lowest BCUT2D eigenvalue weighted by Gasteiger charge is -2.37. The molecule has 0 spiro atoms. The zero-order valence-electron chi connectivity index (χ0n) is 12.9. The summed E-state index contributed by atoms with van der Waals surface area (Å²) in [5.74, 6) is 0.504. The summed E-state index contributed by atoms with van der Waals surface area (Å²) in [5.41, 5.74) is 2.49. The third-order valence-corrected chi connectivity index (χ3v) is 4.52. The van der Waals surface area contributed by atoms with Gasteiger partial charge in [-0.15, -0.1) is 0 Å². The van der Waals surface area contributed by atoms with E-state index in [1.165, 1.54) is 31.2 Å². The number of likely N-dealkylation sites (tertiary alicyclic amines) is 1. The first-order valence-electron chi connectivity index (χ1n) is 7.80. The molecule has 1 fully saturated rings. The summed E-state index contributed by atoms with van der Waals surface area (Å²) in [6, 6.07) is 9.09. The van der Waals surface area contributed by atoms with Crippen molar-refractivity contribution in [2.75, 3.05) is 11.9 Å². The summed E-state index contributed by atoms with van der Waals surface area (Å²) >= 11 is 5.66. The molecule has 3 heteroatoms. The van der Waals surface area contributed by atoms with Gasteiger partial charge in [-0.3, -0.25) is 0 Å². The van der Waals surface area contributed by atoms with Crippen LogP contribution in [-0.4, -0.2) is 22.6 Å². The van der Waals surface area contributed by atoms with Crippen LogP contribution in [0.5, 0.6) is 0 Å². The highest BCUT2D eigenvalue weighted by atomic mass is 32.1. The maximum absolute atomic E-state index is 5.66. The fraction of sp³-hybridized carbons (Fsp3) is 0.588. The molecule has 0 radical (unpaired) electrons. The lowest BCUT2D eigenvalue weighted by Crippen LogP contribution is -2.45. The molecule has 20 heavy (non-hydrogen) atoms. The maximum atomic E-state index is 5.66. The van der Waals surface area contributed by atoms with Gasteiger partial charge in [-0.25, -0.2) is 0 Å². The highest BCUT2D eigenvalue weighted by Gasteiger charge is 2.23. The smallest absolute Gasteiger partial charge is 0.173 e. The normalized spacial score (nSPS) is 19.2. The number of para-hydroxylation sites is 1. The van der Waals surface area contributed by atoms with Crippen LogP contribution in [-0.2, 0) is 0 Å². The molecule has 0 aliphatic carbocycles. The van der Waals surface area contributed by atoms with Crippen LogP contribution in [0.1, 0.15) is 57.9 Å². The highest BCUT2D eigenvalue weighted by molar-refractivity contribution is 7.80. The van der Waals surface area contributed by atoms with Crippen LogP contribution in [0.2, 0.25) is 0 Å². The molecule has 2 nitrogen and oxygen atoms in total. The number of hydrogen-bond donors (Lipinski definition) is 1. The number of rotatable bonds is 3. The van der Waals surface area contributed by atoms with Gasteiger partial charge in [-0.2, -0.15) is 0 Å². The van der Waals surface area contributed by atoms with E-state index in [1.54, 1.807) is 0 Å². The van der Waals surface area contributed by atoms with Crippen LogP contribution in [0.4, 0.5) is 5.69 Å². The number of benzene rings is 1. The van der Waals surface area contributed by atoms with Gasteiger partial charge in [0.2, 0.25) is 0 Å². The highest BCUT2D eigenvalue weighted by Crippen LogP contribution is 2.26. The third-order valence-electron chi connectivity index (χ3n) is 4.18. The summed E-state index contributed by atoms with van der Waals surface area (Å²) < 4.78 is 0. The van der Waals surface area contributed by atoms with E-state index in [-0.39, 0.29) is 0 Å². The van der Waals surface area contributed by atoms with Crippen molar-refractivity contribution >= 4 is 23.0 Å². The summed E-state index contributed by atoms with van der Waals surface area (Å²) in [5, 5.41) is 4.38. The van der Waals surface area contributed by atoms with Crippen molar-refractivity contribution in [1.82, 2.24) is 4.90 Å². The SMILES string of the molecule is CCC1CCCCN1C(=S)Nc1ccccc1C(C)C. The van der Waals surface area contributed by atoms with Crippen LogP contribution < -0.4 is 5.32 Å². The standard InChI is InChI=1S/C17H26N2S/c1-4-14-9-7-8-12-19(14)17(20)18-16-11-6-5-10-15(16)13(2)3/h5-6,10-11,13-14H,4,7-9,12H2,1-3H3,(H,18,20). The van der Waals surface area contributed by atoms with E-state index in [0.29, 0.717) is 12.0 Å². The fourth-order valence-electron chi connectivity index (χ4n) is 2.99. The van der Waals surface area contributed by atoms with Gasteiger partial charge in [0.1, 0.15) is 0 Å². The van der Waals surface area contributed by atoms with Crippen molar-refractivity contribution in [3.05, 3.63) is 29.8 Å². The van der Waals surface area contributed by atoms with Gasteiger partial charge in [0.05, 0.1) is 0 Å². The predicted octanol–water partition coefficient (Wildman–Crippen LogP) is 4.77. The van der Waals surface area contributed by atoms with E-state index in [2.05, 4.69) is 55.3 Å². The van der Waals surface area contributed by atoms with E-state index in [0.717, 1.165) is 17.3 Å². The van der Waals surface area contributed by atoms with Crippen LogP contribution in [0.3, 0.4) is 0 Å². The lowest BCUT2D eigenvalue weighted by molar-refractivity contribution is 0.239. The molecule has 1 atom stereocenters. The average molecular weight is 290 g/mol. The number of nitrogens with one attached hydrogen (secondary N) is 1. The Morgan fingerprint density at radius 3 is 2.80 bits per heavy atom. The molecular weight excluding hydrogens is 264 g/mol. The lowest BCUT2D eigenvalue weighted by atomic mass is 10.00. The van der Waals surface area contributed by atoms with Gasteiger partial charge in [-0.05, 0) is 55.4 Å². The molecule has 0 aromatic heterocycles. The number of piperidine rings is 1. The van der Waals surface area contributed by atoms with E-state index in [4.69, 9.17) is 12.2 Å². The molecule has 1 N–H and O–H groups in total. The molecule has 0 saturated carbocycles. The minimum atomic E-state index is 0.504. The molecule has 1 aliphatic rings. The predicted molar refractivity (Wildman–Crippen MR) is 91.4 cm³/mol. The molecule has 2 rings (SSSR count). The molecule has 1 aliphatic heterocycles. The topological polar surface area (TPSA) is 15.3 Å². The summed E-state index contributed by atoms with van der Waals surface area (Å²) in [6.45, 7) is 7.79. The Kier molecular flexibility index (Phi) is 5.41. The zero-order chi connectivity index (χ0) is 14.5. The summed E-state index contributed by atoms with van der Waals surface area (Å²) in [7, 11) is 0. The van der Waals surface area contributed by atoms with Crippen molar-refractivity contribution < 1.29 is 0 Å². The van der Waals surface area contributed by atoms with Crippen LogP contribution in [0.15, 0.2) is 24.3 Å². The van der Waals surface area contributed by atoms with Gasteiger partial charge in [0.15, 0.2) is 5.11 Å². The molecule has 110 valence electrons. The molecular formula is C17H26N2S. The minimum absolute atomic E-state index is 0.504. The van der Waals surface area contributed by atoms with Crippen LogP contribution in [0.25, 0.3) is 0 Å². The van der Waals surface area contributed by atoms with E-state index >= 15 is 0 Å². The van der Waals surface area contributed by atoms with E-state index < -0.39 is 0 Å². The van der Waals surface area contributed by atoms with Crippen molar-refractivity contribution in [3.63, 3.8) is 0 Å². The van der Waals surface area contributed by atoms with Crippen LogP contribution in [0, 0.1) is 0 Å². The van der Waals surface area contributed by atoms with E-state index in [1.807, 2.05) is 0 Å². The number of hydrogen-bond acceptors (Lipinski definition) is 1. The summed E-state index contributed by atoms with van der Waals surface area (Å²) in [6.07, 6.45) is 5.03. The van der Waals surface area contributed by atoms with Gasteiger partial charge < -0.3 is 10.2 Å². The van der Waals surface area contributed by atoms with Gasteiger partial charge in [0.25, 0.3) is 0 Å². The maximum Gasteiger partial charge on any atom is 0.173 e. The zero-order valence-corrected chi connectivity index (χ0v) is 13.7. The molecule has 0 amide bonds. The first kappa shape index (κ1) is 15.3. The molecule has 1 saturated heterocycles. The first-order chi connectivity index (χ1) is 9.63. The van der Waals surface area contributed by atoms with Crippen LogP contribution >= 0.6 is 12.2 Å². The third kappa shape index (κ3) is 3.51. The van der Waals surface area contributed by atoms with E-state index in [9.17, 15) is 0 Å². The van der Waals surface area contributed by atoms with Crippen molar-refractivity contribution in [2.45, 2.75) is 58.4 Å². The Bertz CT molecular complexity index is 456. The van der Waals surface area contributed by atoms with Gasteiger partial charge in [-0.1, -0.05) is 39.0 Å². The Labute approximate surface area is 128 Å². The fourth-order valence-corrected chi connectivity index (χ4v) is 3.34. The largest absolute Gasteiger partial charge is 0.346 e. The molecule has 1 unspecified atom stereocenters. The second kappa shape index (κ2) is 7.07.